The average Bonchev–Trinajstić information content (AvgIpc) is 2.48. The van der Waals surface area contributed by atoms with Crippen molar-refractivity contribution in [1.29, 1.82) is 0 Å². The molecule has 1 aromatic carbocycles. The van der Waals surface area contributed by atoms with Crippen LogP contribution in [0.25, 0.3) is 0 Å². The molecule has 0 radical (unpaired) electrons. The molecule has 0 aliphatic heterocycles. The molecule has 1 rings (SSSR count). The van der Waals surface area contributed by atoms with Crippen molar-refractivity contribution < 1.29 is 14.6 Å². The molecule has 1 unspecified atom stereocenters. The van der Waals surface area contributed by atoms with E-state index in [1.807, 2.05) is 37.4 Å². The highest BCUT2D eigenvalue weighted by molar-refractivity contribution is 5.75. The minimum absolute atomic E-state index is 0.0485. The molecule has 0 saturated carbocycles. The maximum atomic E-state index is 11.8. The van der Waals surface area contributed by atoms with E-state index in [9.17, 15) is 9.90 Å². The van der Waals surface area contributed by atoms with Gasteiger partial charge in [0.1, 0.15) is 0 Å². The van der Waals surface area contributed by atoms with Crippen LogP contribution in [-0.2, 0) is 16.1 Å². The molecule has 5 heteroatoms. The number of nitrogens with zero attached hydrogens (tertiary/aromatic N) is 1. The molecule has 2 N–H and O–H groups in total. The van der Waals surface area contributed by atoms with Gasteiger partial charge in [0.05, 0.1) is 19.3 Å². The van der Waals surface area contributed by atoms with Crippen molar-refractivity contribution in [1.82, 2.24) is 10.2 Å². The number of aliphatic hydroxyl groups excluding tert-OH is 1. The van der Waals surface area contributed by atoms with E-state index in [2.05, 4.69) is 5.32 Å². The van der Waals surface area contributed by atoms with Gasteiger partial charge in [-0.05, 0) is 25.6 Å². The molecule has 0 bridgehead atoms. The molecule has 0 saturated heterocycles. The number of aliphatic hydroxyl groups is 1. The first-order valence-corrected chi connectivity index (χ1v) is 7.31. The van der Waals surface area contributed by atoms with Crippen LogP contribution in [0.5, 0.6) is 0 Å². The summed E-state index contributed by atoms with van der Waals surface area (Å²) in [5.41, 5.74) is 1.07. The molecule has 1 aromatic rings. The van der Waals surface area contributed by atoms with Crippen molar-refractivity contribution >= 4 is 5.91 Å². The van der Waals surface area contributed by atoms with Crippen molar-refractivity contribution in [2.24, 2.45) is 0 Å². The van der Waals surface area contributed by atoms with Crippen molar-refractivity contribution in [2.45, 2.75) is 25.6 Å². The third-order valence-electron chi connectivity index (χ3n) is 3.15. The molecule has 1 atom stereocenters. The lowest BCUT2D eigenvalue weighted by atomic mass is 10.2. The molecule has 0 fully saturated rings. The molecule has 0 aliphatic rings. The highest BCUT2D eigenvalue weighted by Crippen LogP contribution is 2.02. The van der Waals surface area contributed by atoms with E-state index in [0.29, 0.717) is 19.6 Å². The van der Waals surface area contributed by atoms with Crippen LogP contribution in [0.2, 0.25) is 0 Å². The molecule has 0 aromatic heterocycles. The summed E-state index contributed by atoms with van der Waals surface area (Å²) >= 11 is 0. The van der Waals surface area contributed by atoms with Gasteiger partial charge in [0.15, 0.2) is 0 Å². The molecule has 0 spiro atoms. The first kappa shape index (κ1) is 17.6. The number of nitrogens with one attached hydrogen (secondary N) is 1. The van der Waals surface area contributed by atoms with Crippen molar-refractivity contribution in [3.05, 3.63) is 35.9 Å². The van der Waals surface area contributed by atoms with Gasteiger partial charge in [0.2, 0.25) is 5.91 Å². The fourth-order valence-electron chi connectivity index (χ4n) is 1.96. The quantitative estimate of drug-likeness (QED) is 0.633. The number of amides is 1. The number of hydrogen-bond acceptors (Lipinski definition) is 4. The first-order valence-electron chi connectivity index (χ1n) is 7.31. The fourth-order valence-corrected chi connectivity index (χ4v) is 1.96. The van der Waals surface area contributed by atoms with Gasteiger partial charge in [-0.3, -0.25) is 4.79 Å². The lowest BCUT2D eigenvalue weighted by Crippen LogP contribution is -2.36. The van der Waals surface area contributed by atoms with Gasteiger partial charge in [0.25, 0.3) is 0 Å². The Morgan fingerprint density at radius 3 is 2.76 bits per heavy atom. The second-order valence-corrected chi connectivity index (χ2v) is 5.14. The van der Waals surface area contributed by atoms with Crippen molar-refractivity contribution in [3.8, 4) is 0 Å². The smallest absolute Gasteiger partial charge is 0.222 e. The summed E-state index contributed by atoms with van der Waals surface area (Å²) in [6.45, 7) is 1.82. The second-order valence-electron chi connectivity index (χ2n) is 5.14. The number of ether oxygens (including phenoxy) is 1. The topological polar surface area (TPSA) is 61.8 Å². The van der Waals surface area contributed by atoms with Crippen molar-refractivity contribution in [3.63, 3.8) is 0 Å². The minimum Gasteiger partial charge on any atom is -0.389 e. The first-order chi connectivity index (χ1) is 10.1. The summed E-state index contributed by atoms with van der Waals surface area (Å²) in [7, 11) is 3.57. The Morgan fingerprint density at radius 2 is 2.10 bits per heavy atom. The second kappa shape index (κ2) is 10.3. The van der Waals surface area contributed by atoms with Gasteiger partial charge < -0.3 is 20.1 Å². The zero-order valence-electron chi connectivity index (χ0n) is 12.9. The minimum atomic E-state index is -0.660. The Hall–Kier alpha value is -1.43. The Morgan fingerprint density at radius 1 is 1.38 bits per heavy atom. The molecule has 1 amide bonds. The van der Waals surface area contributed by atoms with Crippen LogP contribution in [-0.4, -0.2) is 55.8 Å². The number of likely N-dealkylation sites (N-methyl/N-ethyl adjacent to an activating group) is 1. The zero-order chi connectivity index (χ0) is 15.5. The normalized spacial score (nSPS) is 12.1. The van der Waals surface area contributed by atoms with Crippen LogP contribution in [0, 0.1) is 0 Å². The van der Waals surface area contributed by atoms with Crippen LogP contribution in [0.1, 0.15) is 18.4 Å². The SMILES string of the molecule is CNCCCC(=O)N(C)CC(O)COCc1ccccc1. The number of carbonyl (C=O) groups excluding carboxylic acids is 1. The number of benzene rings is 1. The summed E-state index contributed by atoms with van der Waals surface area (Å²) in [4.78, 5) is 13.4. The van der Waals surface area contributed by atoms with E-state index in [1.54, 1.807) is 11.9 Å². The van der Waals surface area contributed by atoms with E-state index in [4.69, 9.17) is 4.74 Å². The number of carbonyl (C=O) groups is 1. The van der Waals surface area contributed by atoms with Crippen LogP contribution in [0.4, 0.5) is 0 Å². The zero-order valence-corrected chi connectivity index (χ0v) is 12.9. The maximum Gasteiger partial charge on any atom is 0.222 e. The lowest BCUT2D eigenvalue weighted by Gasteiger charge is -2.21. The number of rotatable bonds is 10. The highest BCUT2D eigenvalue weighted by atomic mass is 16.5. The van der Waals surface area contributed by atoms with Crippen LogP contribution >= 0.6 is 0 Å². The Kier molecular flexibility index (Phi) is 8.66. The Balaban J connectivity index is 2.17. The number of hydrogen-bond donors (Lipinski definition) is 2. The monoisotopic (exact) mass is 294 g/mol. The molecule has 21 heavy (non-hydrogen) atoms. The molecule has 0 heterocycles. The van der Waals surface area contributed by atoms with E-state index in [-0.39, 0.29) is 12.5 Å². The van der Waals surface area contributed by atoms with Crippen molar-refractivity contribution in [2.75, 3.05) is 33.8 Å². The Bertz CT molecular complexity index is 398. The van der Waals surface area contributed by atoms with Gasteiger partial charge in [-0.2, -0.15) is 0 Å². The lowest BCUT2D eigenvalue weighted by molar-refractivity contribution is -0.131. The summed E-state index contributed by atoms with van der Waals surface area (Å²) in [5.74, 6) is 0.0485. The summed E-state index contributed by atoms with van der Waals surface area (Å²) < 4.78 is 5.46. The molecule has 118 valence electrons. The molecule has 5 nitrogen and oxygen atoms in total. The van der Waals surface area contributed by atoms with E-state index in [1.165, 1.54) is 0 Å². The summed E-state index contributed by atoms with van der Waals surface area (Å²) in [5, 5.41) is 12.9. The third-order valence-corrected chi connectivity index (χ3v) is 3.15. The van der Waals surface area contributed by atoms with Crippen LogP contribution in [0.15, 0.2) is 30.3 Å². The molecular formula is C16H26N2O3. The van der Waals surface area contributed by atoms with E-state index >= 15 is 0 Å². The predicted molar refractivity (Wildman–Crippen MR) is 82.9 cm³/mol. The predicted octanol–water partition coefficient (Wildman–Crippen LogP) is 1.02. The molecular weight excluding hydrogens is 268 g/mol. The van der Waals surface area contributed by atoms with Crippen LogP contribution in [0.3, 0.4) is 0 Å². The maximum absolute atomic E-state index is 11.8. The third kappa shape index (κ3) is 7.80. The molecule has 0 aliphatic carbocycles. The highest BCUT2D eigenvalue weighted by Gasteiger charge is 2.13. The van der Waals surface area contributed by atoms with Crippen LogP contribution < -0.4 is 5.32 Å². The van der Waals surface area contributed by atoms with Gasteiger partial charge in [-0.25, -0.2) is 0 Å². The summed E-state index contributed by atoms with van der Waals surface area (Å²) in [6, 6.07) is 9.81. The van der Waals surface area contributed by atoms with Gasteiger partial charge in [-0.1, -0.05) is 30.3 Å². The Labute approximate surface area is 126 Å². The van der Waals surface area contributed by atoms with E-state index < -0.39 is 6.10 Å². The largest absolute Gasteiger partial charge is 0.389 e. The standard InChI is InChI=1S/C16H26N2O3/c1-17-10-6-9-16(20)18(2)11-15(19)13-21-12-14-7-4-3-5-8-14/h3-5,7-8,15,17,19H,6,9-13H2,1-2H3. The fraction of sp³-hybridized carbons (Fsp3) is 0.562. The van der Waals surface area contributed by atoms with Gasteiger partial charge in [-0.15, -0.1) is 0 Å². The summed E-state index contributed by atoms with van der Waals surface area (Å²) in [6.07, 6.45) is 0.641. The average molecular weight is 294 g/mol. The van der Waals surface area contributed by atoms with Gasteiger partial charge in [0, 0.05) is 20.0 Å². The van der Waals surface area contributed by atoms with E-state index in [0.717, 1.165) is 18.5 Å². The van der Waals surface area contributed by atoms with Gasteiger partial charge >= 0.3 is 0 Å².